The molecule has 27 heavy (non-hydrogen) atoms. The van der Waals surface area contributed by atoms with E-state index >= 15 is 0 Å². The highest BCUT2D eigenvalue weighted by molar-refractivity contribution is 9.10. The summed E-state index contributed by atoms with van der Waals surface area (Å²) in [7, 11) is 0. The SMILES string of the molecule is O=C(NC(=S)Nc1ccc(Br)cn1)c1cccc(OCc2ccccc2)c1. The Kier molecular flexibility index (Phi) is 6.51. The predicted molar refractivity (Wildman–Crippen MR) is 113 cm³/mol. The lowest BCUT2D eigenvalue weighted by Crippen LogP contribution is -2.34. The predicted octanol–water partition coefficient (Wildman–Crippen LogP) is 4.55. The molecule has 2 N–H and O–H groups in total. The van der Waals surface area contributed by atoms with Gasteiger partial charge < -0.3 is 10.1 Å². The van der Waals surface area contributed by atoms with E-state index < -0.39 is 0 Å². The number of aromatic nitrogens is 1. The molecule has 0 saturated carbocycles. The second kappa shape index (κ2) is 9.25. The lowest BCUT2D eigenvalue weighted by molar-refractivity contribution is 0.0977. The van der Waals surface area contributed by atoms with E-state index in [1.165, 1.54) is 0 Å². The third-order valence-corrected chi connectivity index (χ3v) is 4.21. The third-order valence-electron chi connectivity index (χ3n) is 3.54. The number of nitrogens with zero attached hydrogens (tertiary/aromatic N) is 1. The molecule has 1 aromatic heterocycles. The molecular formula is C20H16BrN3O2S. The topological polar surface area (TPSA) is 63.2 Å². The summed E-state index contributed by atoms with van der Waals surface area (Å²) in [6.45, 7) is 0.432. The zero-order valence-electron chi connectivity index (χ0n) is 14.2. The Hall–Kier alpha value is -2.77. The molecule has 1 amide bonds. The molecule has 0 fully saturated rings. The van der Waals surface area contributed by atoms with Crippen molar-refractivity contribution in [2.45, 2.75) is 6.61 Å². The Labute approximate surface area is 170 Å². The van der Waals surface area contributed by atoms with Crippen molar-refractivity contribution in [3.05, 3.63) is 88.5 Å². The van der Waals surface area contributed by atoms with Crippen LogP contribution in [0.5, 0.6) is 5.75 Å². The first-order chi connectivity index (χ1) is 13.1. The number of thiocarbonyl (C=S) groups is 1. The highest BCUT2D eigenvalue weighted by atomic mass is 79.9. The minimum atomic E-state index is -0.324. The number of rotatable bonds is 5. The Balaban J connectivity index is 1.57. The van der Waals surface area contributed by atoms with Gasteiger partial charge in [0.25, 0.3) is 5.91 Å². The minimum Gasteiger partial charge on any atom is -0.489 e. The summed E-state index contributed by atoms with van der Waals surface area (Å²) in [4.78, 5) is 16.6. The van der Waals surface area contributed by atoms with E-state index in [9.17, 15) is 4.79 Å². The van der Waals surface area contributed by atoms with Crippen molar-refractivity contribution in [2.24, 2.45) is 0 Å². The third kappa shape index (κ3) is 5.87. The molecule has 0 atom stereocenters. The van der Waals surface area contributed by atoms with Crippen molar-refractivity contribution in [1.29, 1.82) is 0 Å². The molecule has 0 saturated heterocycles. The van der Waals surface area contributed by atoms with Gasteiger partial charge in [0.05, 0.1) is 0 Å². The van der Waals surface area contributed by atoms with Crippen molar-refractivity contribution in [3.8, 4) is 5.75 Å². The molecular weight excluding hydrogens is 426 g/mol. The quantitative estimate of drug-likeness (QED) is 0.568. The second-order valence-corrected chi connectivity index (χ2v) is 6.90. The average molecular weight is 442 g/mol. The summed E-state index contributed by atoms with van der Waals surface area (Å²) in [5, 5.41) is 5.67. The maximum absolute atomic E-state index is 12.4. The molecule has 136 valence electrons. The van der Waals surface area contributed by atoms with Crippen LogP contribution in [-0.4, -0.2) is 16.0 Å². The summed E-state index contributed by atoms with van der Waals surface area (Å²) >= 11 is 8.48. The number of halogens is 1. The van der Waals surface area contributed by atoms with Crippen molar-refractivity contribution in [1.82, 2.24) is 10.3 Å². The Morgan fingerprint density at radius 2 is 1.89 bits per heavy atom. The molecule has 0 radical (unpaired) electrons. The molecule has 3 aromatic rings. The molecule has 0 unspecified atom stereocenters. The van der Waals surface area contributed by atoms with E-state index in [-0.39, 0.29) is 11.0 Å². The van der Waals surface area contributed by atoms with Crippen LogP contribution in [0.25, 0.3) is 0 Å². The van der Waals surface area contributed by atoms with Crippen LogP contribution < -0.4 is 15.4 Å². The molecule has 7 heteroatoms. The first kappa shape index (κ1) is 19.0. The van der Waals surface area contributed by atoms with Gasteiger partial charge in [-0.3, -0.25) is 10.1 Å². The molecule has 5 nitrogen and oxygen atoms in total. The Bertz CT molecular complexity index is 933. The van der Waals surface area contributed by atoms with Gasteiger partial charge in [0.1, 0.15) is 18.2 Å². The Morgan fingerprint density at radius 1 is 1.07 bits per heavy atom. The lowest BCUT2D eigenvalue weighted by atomic mass is 10.2. The van der Waals surface area contributed by atoms with E-state index in [2.05, 4.69) is 31.5 Å². The van der Waals surface area contributed by atoms with E-state index in [0.29, 0.717) is 23.7 Å². The van der Waals surface area contributed by atoms with Crippen molar-refractivity contribution >= 4 is 45.0 Å². The maximum Gasteiger partial charge on any atom is 0.257 e. The fourth-order valence-electron chi connectivity index (χ4n) is 2.24. The number of hydrogen-bond acceptors (Lipinski definition) is 4. The van der Waals surface area contributed by atoms with Gasteiger partial charge in [0.15, 0.2) is 5.11 Å². The average Bonchev–Trinajstić information content (AvgIpc) is 2.69. The molecule has 1 heterocycles. The van der Waals surface area contributed by atoms with Crippen LogP contribution in [0.15, 0.2) is 77.4 Å². The minimum absolute atomic E-state index is 0.172. The van der Waals surface area contributed by atoms with Crippen LogP contribution in [-0.2, 0) is 6.61 Å². The first-order valence-electron chi connectivity index (χ1n) is 8.11. The fraction of sp³-hybridized carbons (Fsp3) is 0.0500. The number of amides is 1. The van der Waals surface area contributed by atoms with Gasteiger partial charge >= 0.3 is 0 Å². The van der Waals surface area contributed by atoms with E-state index in [0.717, 1.165) is 10.0 Å². The van der Waals surface area contributed by atoms with Crippen LogP contribution in [0.3, 0.4) is 0 Å². The standard InChI is InChI=1S/C20H16BrN3O2S/c21-16-9-10-18(22-12-16)23-20(27)24-19(25)15-7-4-8-17(11-15)26-13-14-5-2-1-3-6-14/h1-12H,13H2,(H2,22,23,24,25,27). The van der Waals surface area contributed by atoms with Gasteiger partial charge in [-0.2, -0.15) is 0 Å². The van der Waals surface area contributed by atoms with Crippen LogP contribution in [0.4, 0.5) is 5.82 Å². The molecule has 0 bridgehead atoms. The highest BCUT2D eigenvalue weighted by Gasteiger charge is 2.09. The number of carbonyl (C=O) groups excluding carboxylic acids is 1. The van der Waals surface area contributed by atoms with E-state index in [4.69, 9.17) is 17.0 Å². The van der Waals surface area contributed by atoms with E-state index in [1.807, 2.05) is 42.5 Å². The summed E-state index contributed by atoms with van der Waals surface area (Å²) < 4.78 is 6.61. The van der Waals surface area contributed by atoms with Gasteiger partial charge in [0.2, 0.25) is 0 Å². The molecule has 0 aliphatic rings. The summed E-state index contributed by atoms with van der Waals surface area (Å²) in [6.07, 6.45) is 1.64. The van der Waals surface area contributed by atoms with Crippen LogP contribution >= 0.6 is 28.1 Å². The first-order valence-corrected chi connectivity index (χ1v) is 9.31. The number of nitrogens with one attached hydrogen (secondary N) is 2. The normalized spacial score (nSPS) is 10.1. The second-order valence-electron chi connectivity index (χ2n) is 5.57. The monoisotopic (exact) mass is 441 g/mol. The maximum atomic E-state index is 12.4. The number of carbonyl (C=O) groups is 1. The van der Waals surface area contributed by atoms with Crippen LogP contribution in [0.1, 0.15) is 15.9 Å². The summed E-state index contributed by atoms with van der Waals surface area (Å²) in [5.41, 5.74) is 1.51. The number of hydrogen-bond donors (Lipinski definition) is 2. The van der Waals surface area contributed by atoms with Gasteiger partial charge in [-0.25, -0.2) is 4.98 Å². The molecule has 0 spiro atoms. The van der Waals surface area contributed by atoms with Gasteiger partial charge in [0, 0.05) is 16.2 Å². The van der Waals surface area contributed by atoms with Gasteiger partial charge in [-0.15, -0.1) is 0 Å². The fourth-order valence-corrected chi connectivity index (χ4v) is 2.67. The molecule has 0 aliphatic heterocycles. The zero-order valence-corrected chi connectivity index (χ0v) is 16.6. The van der Waals surface area contributed by atoms with E-state index in [1.54, 1.807) is 30.5 Å². The lowest BCUT2D eigenvalue weighted by Gasteiger charge is -2.10. The molecule has 0 aliphatic carbocycles. The highest BCUT2D eigenvalue weighted by Crippen LogP contribution is 2.15. The zero-order chi connectivity index (χ0) is 19.1. The number of anilines is 1. The largest absolute Gasteiger partial charge is 0.489 e. The summed E-state index contributed by atoms with van der Waals surface area (Å²) in [6, 6.07) is 20.4. The summed E-state index contributed by atoms with van der Waals surface area (Å²) in [5.74, 6) is 0.832. The van der Waals surface area contributed by atoms with Crippen LogP contribution in [0.2, 0.25) is 0 Å². The Morgan fingerprint density at radius 3 is 2.63 bits per heavy atom. The van der Waals surface area contributed by atoms with Crippen molar-refractivity contribution in [2.75, 3.05) is 5.32 Å². The number of ether oxygens (including phenoxy) is 1. The van der Waals surface area contributed by atoms with Crippen molar-refractivity contribution in [3.63, 3.8) is 0 Å². The van der Waals surface area contributed by atoms with Crippen LogP contribution in [0, 0.1) is 0 Å². The van der Waals surface area contributed by atoms with Crippen molar-refractivity contribution < 1.29 is 9.53 Å². The molecule has 2 aromatic carbocycles. The number of benzene rings is 2. The van der Waals surface area contributed by atoms with Gasteiger partial charge in [-0.05, 0) is 64.0 Å². The number of pyridine rings is 1. The van der Waals surface area contributed by atoms with Gasteiger partial charge in [-0.1, -0.05) is 36.4 Å². The smallest absolute Gasteiger partial charge is 0.257 e. The molecule has 3 rings (SSSR count).